The molecule has 2 heterocycles. The van der Waals surface area contributed by atoms with E-state index in [1.165, 1.54) is 0 Å². The summed E-state index contributed by atoms with van der Waals surface area (Å²) in [6.07, 6.45) is 5.67. The Morgan fingerprint density at radius 1 is 1.29 bits per heavy atom. The number of amides is 1. The summed E-state index contributed by atoms with van der Waals surface area (Å²) in [4.78, 5) is 16.5. The molecule has 0 radical (unpaired) electrons. The number of hydrogen-bond acceptors (Lipinski definition) is 3. The van der Waals surface area contributed by atoms with Crippen LogP contribution >= 0.6 is 24.8 Å². The molecule has 2 N–H and O–H groups in total. The SMILES string of the molecule is Cl.Cl.O=C(N[C@H]1CCCNC1)c1cccc2cnccc12. The van der Waals surface area contributed by atoms with Gasteiger partial charge in [0.15, 0.2) is 0 Å². The molecule has 3 rings (SSSR count). The summed E-state index contributed by atoms with van der Waals surface area (Å²) in [5, 5.41) is 8.36. The van der Waals surface area contributed by atoms with Gasteiger partial charge in [0.2, 0.25) is 0 Å². The van der Waals surface area contributed by atoms with Gasteiger partial charge < -0.3 is 10.6 Å². The minimum absolute atomic E-state index is 0. The lowest BCUT2D eigenvalue weighted by molar-refractivity contribution is 0.0932. The first-order valence-electron chi connectivity index (χ1n) is 6.69. The van der Waals surface area contributed by atoms with Crippen LogP contribution in [0.4, 0.5) is 0 Å². The summed E-state index contributed by atoms with van der Waals surface area (Å²) < 4.78 is 0. The van der Waals surface area contributed by atoms with Crippen molar-refractivity contribution in [2.24, 2.45) is 0 Å². The summed E-state index contributed by atoms with van der Waals surface area (Å²) in [7, 11) is 0. The van der Waals surface area contributed by atoms with Gasteiger partial charge in [-0.05, 0) is 36.9 Å². The molecule has 1 aromatic carbocycles. The van der Waals surface area contributed by atoms with Crippen molar-refractivity contribution in [1.82, 2.24) is 15.6 Å². The molecule has 0 saturated carbocycles. The highest BCUT2D eigenvalue weighted by molar-refractivity contribution is 6.06. The maximum atomic E-state index is 12.4. The summed E-state index contributed by atoms with van der Waals surface area (Å²) in [6.45, 7) is 1.91. The van der Waals surface area contributed by atoms with Gasteiger partial charge in [0.25, 0.3) is 5.91 Å². The van der Waals surface area contributed by atoms with E-state index in [2.05, 4.69) is 15.6 Å². The molecule has 1 aliphatic heterocycles. The first kappa shape index (κ1) is 17.7. The van der Waals surface area contributed by atoms with Crippen LogP contribution in [0.2, 0.25) is 0 Å². The molecule has 0 spiro atoms. The molecule has 1 aliphatic rings. The monoisotopic (exact) mass is 327 g/mol. The topological polar surface area (TPSA) is 54.0 Å². The van der Waals surface area contributed by atoms with Crippen molar-refractivity contribution in [2.45, 2.75) is 18.9 Å². The van der Waals surface area contributed by atoms with Gasteiger partial charge in [0, 0.05) is 35.9 Å². The molecule has 6 heteroatoms. The molecule has 0 aliphatic carbocycles. The molecule has 1 aromatic heterocycles. The van der Waals surface area contributed by atoms with Crippen molar-refractivity contribution in [3.8, 4) is 0 Å². The Labute approximate surface area is 136 Å². The predicted molar refractivity (Wildman–Crippen MR) is 89.6 cm³/mol. The fourth-order valence-electron chi connectivity index (χ4n) is 2.56. The smallest absolute Gasteiger partial charge is 0.252 e. The molecule has 0 bridgehead atoms. The maximum Gasteiger partial charge on any atom is 0.252 e. The number of carbonyl (C=O) groups is 1. The number of rotatable bonds is 2. The largest absolute Gasteiger partial charge is 0.348 e. The highest BCUT2D eigenvalue weighted by atomic mass is 35.5. The lowest BCUT2D eigenvalue weighted by Gasteiger charge is -2.24. The number of piperidine rings is 1. The number of benzene rings is 1. The number of fused-ring (bicyclic) bond motifs is 1. The van der Waals surface area contributed by atoms with Crippen LogP contribution in [0.5, 0.6) is 0 Å². The van der Waals surface area contributed by atoms with Gasteiger partial charge in [-0.1, -0.05) is 12.1 Å². The lowest BCUT2D eigenvalue weighted by Crippen LogP contribution is -2.45. The maximum absolute atomic E-state index is 12.4. The van der Waals surface area contributed by atoms with Crippen molar-refractivity contribution >= 4 is 41.5 Å². The quantitative estimate of drug-likeness (QED) is 0.891. The van der Waals surface area contributed by atoms with Crippen molar-refractivity contribution in [3.63, 3.8) is 0 Å². The number of nitrogens with one attached hydrogen (secondary N) is 2. The fourth-order valence-corrected chi connectivity index (χ4v) is 2.56. The molecule has 21 heavy (non-hydrogen) atoms. The van der Waals surface area contributed by atoms with Gasteiger partial charge in [-0.2, -0.15) is 0 Å². The van der Waals surface area contributed by atoms with Crippen LogP contribution < -0.4 is 10.6 Å². The third kappa shape index (κ3) is 4.06. The zero-order valence-electron chi connectivity index (χ0n) is 11.5. The van der Waals surface area contributed by atoms with Gasteiger partial charge in [-0.3, -0.25) is 9.78 Å². The Morgan fingerprint density at radius 2 is 2.14 bits per heavy atom. The third-order valence-corrected chi connectivity index (χ3v) is 3.56. The Balaban J connectivity index is 0.00000110. The van der Waals surface area contributed by atoms with Gasteiger partial charge >= 0.3 is 0 Å². The van der Waals surface area contributed by atoms with E-state index in [1.807, 2.05) is 24.3 Å². The Kier molecular flexibility index (Phi) is 6.89. The number of pyridine rings is 1. The van der Waals surface area contributed by atoms with E-state index < -0.39 is 0 Å². The van der Waals surface area contributed by atoms with Crippen LogP contribution in [0.25, 0.3) is 10.8 Å². The third-order valence-electron chi connectivity index (χ3n) is 3.56. The van der Waals surface area contributed by atoms with Crippen LogP contribution in [0.15, 0.2) is 36.7 Å². The normalized spacial score (nSPS) is 17.4. The minimum atomic E-state index is 0. The number of halogens is 2. The molecular weight excluding hydrogens is 309 g/mol. The van der Waals surface area contributed by atoms with E-state index in [1.54, 1.807) is 12.4 Å². The zero-order chi connectivity index (χ0) is 13.1. The fraction of sp³-hybridized carbons (Fsp3) is 0.333. The Morgan fingerprint density at radius 3 is 2.90 bits per heavy atom. The highest BCUT2D eigenvalue weighted by Gasteiger charge is 2.17. The summed E-state index contributed by atoms with van der Waals surface area (Å²) >= 11 is 0. The number of carbonyl (C=O) groups excluding carboxylic acids is 1. The average molecular weight is 328 g/mol. The first-order valence-corrected chi connectivity index (χ1v) is 6.69. The van der Waals surface area contributed by atoms with Crippen LogP contribution in [-0.4, -0.2) is 30.0 Å². The Bertz CT molecular complexity index is 595. The molecule has 0 unspecified atom stereocenters. The lowest BCUT2D eigenvalue weighted by atomic mass is 10.0. The molecule has 1 atom stereocenters. The Hall–Kier alpha value is -1.36. The molecule has 4 nitrogen and oxygen atoms in total. The molecule has 114 valence electrons. The van der Waals surface area contributed by atoms with Crippen molar-refractivity contribution in [3.05, 3.63) is 42.2 Å². The number of nitrogens with zero attached hydrogens (tertiary/aromatic N) is 1. The van der Waals surface area contributed by atoms with E-state index in [4.69, 9.17) is 0 Å². The van der Waals surface area contributed by atoms with Crippen molar-refractivity contribution in [2.75, 3.05) is 13.1 Å². The van der Waals surface area contributed by atoms with Crippen molar-refractivity contribution < 1.29 is 4.79 Å². The minimum Gasteiger partial charge on any atom is -0.348 e. The van der Waals surface area contributed by atoms with Gasteiger partial charge in [-0.15, -0.1) is 24.8 Å². The molecule has 1 amide bonds. The molecular formula is C15H19Cl2N3O. The second-order valence-corrected chi connectivity index (χ2v) is 4.92. The summed E-state index contributed by atoms with van der Waals surface area (Å²) in [5.74, 6) is 0.00509. The number of hydrogen-bond donors (Lipinski definition) is 2. The van der Waals surface area contributed by atoms with Crippen LogP contribution in [0.3, 0.4) is 0 Å². The molecule has 1 saturated heterocycles. The van der Waals surface area contributed by atoms with Crippen LogP contribution in [-0.2, 0) is 0 Å². The van der Waals surface area contributed by atoms with Crippen molar-refractivity contribution in [1.29, 1.82) is 0 Å². The van der Waals surface area contributed by atoms with Crippen LogP contribution in [0, 0.1) is 0 Å². The standard InChI is InChI=1S/C15H17N3O.2ClH/c19-15(18-12-4-2-7-16-10-12)14-5-1-3-11-9-17-8-6-13(11)14;;/h1,3,5-6,8-9,12,16H,2,4,7,10H2,(H,18,19);2*1H/t12-;;/m0../s1. The predicted octanol–water partition coefficient (Wildman–Crippen LogP) is 2.56. The van der Waals surface area contributed by atoms with E-state index in [0.29, 0.717) is 0 Å². The summed E-state index contributed by atoms with van der Waals surface area (Å²) in [5.41, 5.74) is 0.727. The number of aromatic nitrogens is 1. The van der Waals surface area contributed by atoms with Gasteiger partial charge in [0.05, 0.1) is 0 Å². The van der Waals surface area contributed by atoms with E-state index >= 15 is 0 Å². The second-order valence-electron chi connectivity index (χ2n) is 4.92. The molecule has 2 aromatic rings. The van der Waals surface area contributed by atoms with E-state index in [9.17, 15) is 4.79 Å². The average Bonchev–Trinajstić information content (AvgIpc) is 2.47. The zero-order valence-corrected chi connectivity index (χ0v) is 13.2. The highest BCUT2D eigenvalue weighted by Crippen LogP contribution is 2.17. The van der Waals surface area contributed by atoms with Crippen LogP contribution in [0.1, 0.15) is 23.2 Å². The van der Waals surface area contributed by atoms with E-state index in [-0.39, 0.29) is 36.8 Å². The van der Waals surface area contributed by atoms with Gasteiger partial charge in [-0.25, -0.2) is 0 Å². The first-order chi connectivity index (χ1) is 9.34. The second kappa shape index (κ2) is 8.17. The van der Waals surface area contributed by atoms with E-state index in [0.717, 1.165) is 42.3 Å². The summed E-state index contributed by atoms with van der Waals surface area (Å²) in [6, 6.07) is 7.87. The molecule has 1 fully saturated rings. The van der Waals surface area contributed by atoms with Gasteiger partial charge in [0.1, 0.15) is 0 Å².